The first-order valence-electron chi connectivity index (χ1n) is 7.99. The summed E-state index contributed by atoms with van der Waals surface area (Å²) in [4.78, 5) is 10.7. The van der Waals surface area contributed by atoms with E-state index in [0.29, 0.717) is 0 Å². The van der Waals surface area contributed by atoms with Gasteiger partial charge in [0.1, 0.15) is 5.65 Å². The molecule has 2 aliphatic rings. The van der Waals surface area contributed by atoms with Crippen molar-refractivity contribution in [3.63, 3.8) is 0 Å². The number of pyridine rings is 1. The third kappa shape index (κ3) is 2.24. The molecule has 2 fully saturated rings. The lowest BCUT2D eigenvalue weighted by molar-refractivity contribution is 0.177. The average molecular weight is 269 g/mol. The number of aromatic amines is 1. The Kier molecular flexibility index (Phi) is 3.03. The zero-order valence-corrected chi connectivity index (χ0v) is 12.2. The highest BCUT2D eigenvalue weighted by molar-refractivity contribution is 5.81. The molecular formula is C17H23N3. The van der Waals surface area contributed by atoms with Gasteiger partial charge in [0.25, 0.3) is 0 Å². The predicted octanol–water partition coefficient (Wildman–Crippen LogP) is 3.67. The fourth-order valence-electron chi connectivity index (χ4n) is 3.64. The van der Waals surface area contributed by atoms with Gasteiger partial charge in [0.05, 0.1) is 0 Å². The highest BCUT2D eigenvalue weighted by Gasteiger charge is 2.30. The molecule has 3 nitrogen and oxygen atoms in total. The summed E-state index contributed by atoms with van der Waals surface area (Å²) in [5.41, 5.74) is 4.07. The summed E-state index contributed by atoms with van der Waals surface area (Å²) in [5, 5.41) is 1.34. The largest absolute Gasteiger partial charge is 0.343 e. The SMILES string of the molecule is C[C@H]1CCCN(Cc2c(C3CC3)[nH]c3ncccc23)C1. The van der Waals surface area contributed by atoms with Gasteiger partial charge < -0.3 is 4.98 Å². The van der Waals surface area contributed by atoms with Crippen LogP contribution in [0.5, 0.6) is 0 Å². The minimum atomic E-state index is 0.765. The molecule has 20 heavy (non-hydrogen) atoms. The van der Waals surface area contributed by atoms with E-state index in [1.807, 2.05) is 6.20 Å². The van der Waals surface area contributed by atoms with Crippen LogP contribution in [-0.2, 0) is 6.54 Å². The van der Waals surface area contributed by atoms with Crippen LogP contribution in [0.3, 0.4) is 0 Å². The first kappa shape index (κ1) is 12.4. The molecule has 2 aromatic heterocycles. The fourth-order valence-corrected chi connectivity index (χ4v) is 3.64. The van der Waals surface area contributed by atoms with Gasteiger partial charge in [-0.1, -0.05) is 6.92 Å². The van der Waals surface area contributed by atoms with Gasteiger partial charge in [-0.2, -0.15) is 0 Å². The molecule has 1 saturated carbocycles. The van der Waals surface area contributed by atoms with Gasteiger partial charge in [0.2, 0.25) is 0 Å². The molecule has 1 N–H and O–H groups in total. The molecule has 0 aromatic carbocycles. The van der Waals surface area contributed by atoms with Crippen molar-refractivity contribution >= 4 is 11.0 Å². The molecule has 4 rings (SSSR count). The van der Waals surface area contributed by atoms with Gasteiger partial charge in [-0.25, -0.2) is 4.98 Å². The number of nitrogens with one attached hydrogen (secondary N) is 1. The van der Waals surface area contributed by atoms with Crippen molar-refractivity contribution in [2.45, 2.75) is 45.1 Å². The topological polar surface area (TPSA) is 31.9 Å². The monoisotopic (exact) mass is 269 g/mol. The summed E-state index contributed by atoms with van der Waals surface area (Å²) < 4.78 is 0. The van der Waals surface area contributed by atoms with Crippen LogP contribution >= 0.6 is 0 Å². The van der Waals surface area contributed by atoms with Gasteiger partial charge in [-0.15, -0.1) is 0 Å². The minimum absolute atomic E-state index is 0.765. The normalized spacial score (nSPS) is 24.4. The third-order valence-electron chi connectivity index (χ3n) is 4.82. The second-order valence-electron chi connectivity index (χ2n) is 6.67. The van der Waals surface area contributed by atoms with E-state index in [-0.39, 0.29) is 0 Å². The second kappa shape index (κ2) is 4.88. The number of H-pyrrole nitrogens is 1. The summed E-state index contributed by atoms with van der Waals surface area (Å²) in [6, 6.07) is 4.29. The van der Waals surface area contributed by atoms with Crippen LogP contribution in [0, 0.1) is 5.92 Å². The summed E-state index contributed by atoms with van der Waals surface area (Å²) in [6.45, 7) is 5.98. The number of piperidine rings is 1. The Hall–Kier alpha value is -1.35. The molecule has 1 saturated heterocycles. The van der Waals surface area contributed by atoms with Gasteiger partial charge in [-0.3, -0.25) is 4.90 Å². The minimum Gasteiger partial charge on any atom is -0.343 e. The van der Waals surface area contributed by atoms with Crippen LogP contribution in [0.2, 0.25) is 0 Å². The maximum atomic E-state index is 4.51. The number of hydrogen-bond donors (Lipinski definition) is 1. The van der Waals surface area contributed by atoms with Crippen LogP contribution < -0.4 is 0 Å². The van der Waals surface area contributed by atoms with E-state index in [0.717, 1.165) is 24.0 Å². The van der Waals surface area contributed by atoms with E-state index in [9.17, 15) is 0 Å². The number of hydrogen-bond acceptors (Lipinski definition) is 2. The second-order valence-corrected chi connectivity index (χ2v) is 6.67. The van der Waals surface area contributed by atoms with E-state index in [2.05, 4.69) is 33.9 Å². The molecule has 106 valence electrons. The molecule has 1 atom stereocenters. The molecule has 1 aliphatic heterocycles. The zero-order valence-electron chi connectivity index (χ0n) is 12.2. The van der Waals surface area contributed by atoms with Gasteiger partial charge in [0.15, 0.2) is 0 Å². The van der Waals surface area contributed by atoms with E-state index >= 15 is 0 Å². The number of rotatable bonds is 3. The molecule has 3 heterocycles. The Morgan fingerprint density at radius 3 is 3.05 bits per heavy atom. The summed E-state index contributed by atoms with van der Waals surface area (Å²) in [7, 11) is 0. The molecule has 2 aromatic rings. The van der Waals surface area contributed by atoms with Crippen molar-refractivity contribution in [3.05, 3.63) is 29.6 Å². The van der Waals surface area contributed by atoms with E-state index in [1.54, 1.807) is 0 Å². The van der Waals surface area contributed by atoms with Gasteiger partial charge >= 0.3 is 0 Å². The van der Waals surface area contributed by atoms with Crippen LogP contribution in [0.25, 0.3) is 11.0 Å². The number of fused-ring (bicyclic) bond motifs is 1. The summed E-state index contributed by atoms with van der Waals surface area (Å²) >= 11 is 0. The molecule has 0 radical (unpaired) electrons. The van der Waals surface area contributed by atoms with Crippen molar-refractivity contribution in [2.24, 2.45) is 5.92 Å². The van der Waals surface area contributed by atoms with Crippen molar-refractivity contribution < 1.29 is 0 Å². The quantitative estimate of drug-likeness (QED) is 0.922. The first-order chi connectivity index (χ1) is 9.81. The van der Waals surface area contributed by atoms with Crippen molar-refractivity contribution in [3.8, 4) is 0 Å². The Balaban J connectivity index is 1.68. The molecule has 1 aliphatic carbocycles. The molecular weight excluding hydrogens is 246 g/mol. The van der Waals surface area contributed by atoms with Crippen LogP contribution in [0.1, 0.15) is 49.8 Å². The molecule has 0 bridgehead atoms. The lowest BCUT2D eigenvalue weighted by Crippen LogP contribution is -2.33. The Morgan fingerprint density at radius 1 is 1.35 bits per heavy atom. The summed E-state index contributed by atoms with van der Waals surface area (Å²) in [6.07, 6.45) is 7.32. The maximum Gasteiger partial charge on any atom is 0.137 e. The van der Waals surface area contributed by atoms with Crippen LogP contribution in [0.15, 0.2) is 18.3 Å². The molecule has 3 heteroatoms. The number of aromatic nitrogens is 2. The molecule has 0 amide bonds. The van der Waals surface area contributed by atoms with E-state index in [4.69, 9.17) is 0 Å². The summed E-state index contributed by atoms with van der Waals surface area (Å²) in [5.74, 6) is 1.61. The number of likely N-dealkylation sites (tertiary alicyclic amines) is 1. The van der Waals surface area contributed by atoms with Crippen molar-refractivity contribution in [1.29, 1.82) is 0 Å². The Labute approximate surface area is 120 Å². The highest BCUT2D eigenvalue weighted by atomic mass is 15.1. The van der Waals surface area contributed by atoms with Crippen LogP contribution in [0.4, 0.5) is 0 Å². The van der Waals surface area contributed by atoms with Crippen molar-refractivity contribution in [2.75, 3.05) is 13.1 Å². The standard InChI is InChI=1S/C17H23N3/c1-12-4-3-9-20(10-12)11-15-14-5-2-8-18-17(14)19-16(15)13-6-7-13/h2,5,8,12-13H,3-4,6-7,9-11H2,1H3,(H,18,19)/t12-/m0/s1. The van der Waals surface area contributed by atoms with Gasteiger partial charge in [-0.05, 0) is 61.8 Å². The predicted molar refractivity (Wildman–Crippen MR) is 81.7 cm³/mol. The Bertz CT molecular complexity index is 612. The molecule has 0 unspecified atom stereocenters. The first-order valence-corrected chi connectivity index (χ1v) is 7.99. The van der Waals surface area contributed by atoms with Crippen molar-refractivity contribution in [1.82, 2.24) is 14.9 Å². The molecule has 0 spiro atoms. The lowest BCUT2D eigenvalue weighted by atomic mass is 9.99. The fraction of sp³-hybridized carbons (Fsp3) is 0.588. The van der Waals surface area contributed by atoms with E-state index in [1.165, 1.54) is 55.4 Å². The van der Waals surface area contributed by atoms with Crippen LogP contribution in [-0.4, -0.2) is 28.0 Å². The third-order valence-corrected chi connectivity index (χ3v) is 4.82. The highest BCUT2D eigenvalue weighted by Crippen LogP contribution is 2.43. The van der Waals surface area contributed by atoms with E-state index < -0.39 is 0 Å². The smallest absolute Gasteiger partial charge is 0.137 e. The van der Waals surface area contributed by atoms with Gasteiger partial charge in [0, 0.05) is 30.4 Å². The zero-order chi connectivity index (χ0) is 13.5. The Morgan fingerprint density at radius 2 is 2.25 bits per heavy atom. The lowest BCUT2D eigenvalue weighted by Gasteiger charge is -2.31. The number of nitrogens with zero attached hydrogens (tertiary/aromatic N) is 2. The maximum absolute atomic E-state index is 4.51. The average Bonchev–Trinajstić information content (AvgIpc) is 3.23.